The molecule has 0 bridgehead atoms. The lowest BCUT2D eigenvalue weighted by atomic mass is 9.88. The van der Waals surface area contributed by atoms with Crippen molar-refractivity contribution in [1.29, 1.82) is 0 Å². The van der Waals surface area contributed by atoms with Gasteiger partial charge in [0.2, 0.25) is 5.91 Å². The van der Waals surface area contributed by atoms with E-state index >= 15 is 0 Å². The Labute approximate surface area is 133 Å². The zero-order valence-corrected chi connectivity index (χ0v) is 14.0. The first-order chi connectivity index (χ1) is 10.3. The minimum Gasteiger partial charge on any atom is -0.393 e. The van der Waals surface area contributed by atoms with Crippen molar-refractivity contribution in [1.82, 2.24) is 5.32 Å². The van der Waals surface area contributed by atoms with E-state index in [2.05, 4.69) is 22.3 Å². The summed E-state index contributed by atoms with van der Waals surface area (Å²) in [5.74, 6) is 0.232. The molecule has 1 aliphatic rings. The van der Waals surface area contributed by atoms with E-state index in [0.29, 0.717) is 0 Å². The van der Waals surface area contributed by atoms with Gasteiger partial charge >= 0.3 is 0 Å². The number of nitrogens with zero attached hydrogens (tertiary/aromatic N) is 1. The molecule has 122 valence electrons. The third-order valence-electron chi connectivity index (χ3n) is 4.30. The zero-order valence-electron chi connectivity index (χ0n) is 14.0. The number of carbonyl (C=O) groups excluding carboxylic acids is 1. The Balaban J connectivity index is 2.12. The summed E-state index contributed by atoms with van der Waals surface area (Å²) >= 11 is 0. The molecule has 1 fully saturated rings. The van der Waals surface area contributed by atoms with E-state index < -0.39 is 5.41 Å². The predicted octanol–water partition coefficient (Wildman–Crippen LogP) is 2.42. The summed E-state index contributed by atoms with van der Waals surface area (Å²) in [5, 5.41) is 13.2. The maximum atomic E-state index is 12.3. The number of hydrogen-bond acceptors (Lipinski definition) is 3. The van der Waals surface area contributed by atoms with Crippen LogP contribution in [-0.4, -0.2) is 36.2 Å². The second-order valence-corrected chi connectivity index (χ2v) is 7.40. The van der Waals surface area contributed by atoms with E-state index in [0.717, 1.165) is 25.2 Å². The molecule has 4 heteroatoms. The summed E-state index contributed by atoms with van der Waals surface area (Å²) in [6.45, 7) is 9.21. The number of anilines is 1. The molecule has 1 aromatic carbocycles. The van der Waals surface area contributed by atoms with Gasteiger partial charge in [-0.25, -0.2) is 0 Å². The minimum atomic E-state index is -0.394. The molecule has 3 atom stereocenters. The summed E-state index contributed by atoms with van der Waals surface area (Å²) in [5.41, 5.74) is 0.748. The highest BCUT2D eigenvalue weighted by Crippen LogP contribution is 2.26. The molecule has 1 aromatic rings. The molecule has 0 aromatic heterocycles. The molecule has 0 spiro atoms. The van der Waals surface area contributed by atoms with Crippen molar-refractivity contribution in [3.8, 4) is 0 Å². The fourth-order valence-corrected chi connectivity index (χ4v) is 2.84. The lowest BCUT2D eigenvalue weighted by Gasteiger charge is -2.41. The van der Waals surface area contributed by atoms with Gasteiger partial charge in [0, 0.05) is 36.2 Å². The zero-order chi connectivity index (χ0) is 16.3. The molecule has 1 amide bonds. The van der Waals surface area contributed by atoms with Crippen LogP contribution in [0.5, 0.6) is 0 Å². The van der Waals surface area contributed by atoms with Gasteiger partial charge in [0.1, 0.15) is 0 Å². The predicted molar refractivity (Wildman–Crippen MR) is 89.8 cm³/mol. The molecular weight excluding hydrogens is 276 g/mol. The standard InChI is InChI=1S/C18H28N2O2/c1-13(21)14-10-15(19-17(22)18(2,3)4)12-20(11-14)16-8-6-5-7-9-16/h5-9,13-15,21H,10-12H2,1-4H3,(H,19,22). The third kappa shape index (κ3) is 4.23. The number of aliphatic hydroxyl groups is 1. The SMILES string of the molecule is CC(O)C1CC(NC(=O)C(C)(C)C)CN(c2ccccc2)C1. The fourth-order valence-electron chi connectivity index (χ4n) is 2.84. The van der Waals surface area contributed by atoms with Gasteiger partial charge in [-0.2, -0.15) is 0 Å². The molecule has 1 heterocycles. The largest absolute Gasteiger partial charge is 0.393 e. The normalized spacial score (nSPS) is 24.0. The van der Waals surface area contributed by atoms with Crippen LogP contribution >= 0.6 is 0 Å². The first-order valence-corrected chi connectivity index (χ1v) is 8.06. The van der Waals surface area contributed by atoms with Crippen LogP contribution in [0.1, 0.15) is 34.1 Å². The number of carbonyl (C=O) groups is 1. The molecule has 2 rings (SSSR count). The first-order valence-electron chi connectivity index (χ1n) is 8.06. The van der Waals surface area contributed by atoms with Crippen molar-refractivity contribution in [2.45, 2.75) is 46.3 Å². The molecular formula is C18H28N2O2. The molecule has 1 aliphatic heterocycles. The van der Waals surface area contributed by atoms with E-state index in [1.54, 1.807) is 0 Å². The van der Waals surface area contributed by atoms with E-state index in [1.807, 2.05) is 45.9 Å². The lowest BCUT2D eigenvalue weighted by Crippen LogP contribution is -2.54. The molecule has 0 aliphatic carbocycles. The first kappa shape index (κ1) is 16.8. The summed E-state index contributed by atoms with van der Waals surface area (Å²) in [6.07, 6.45) is 0.448. The number of benzene rings is 1. The van der Waals surface area contributed by atoms with Crippen molar-refractivity contribution in [2.24, 2.45) is 11.3 Å². The number of nitrogens with one attached hydrogen (secondary N) is 1. The van der Waals surface area contributed by atoms with Gasteiger partial charge in [0.05, 0.1) is 6.10 Å². The van der Waals surface area contributed by atoms with E-state index in [4.69, 9.17) is 0 Å². The maximum Gasteiger partial charge on any atom is 0.225 e. The van der Waals surface area contributed by atoms with Crippen molar-refractivity contribution in [3.63, 3.8) is 0 Å². The molecule has 3 unspecified atom stereocenters. The topological polar surface area (TPSA) is 52.6 Å². The van der Waals surface area contributed by atoms with Gasteiger partial charge in [0.25, 0.3) is 0 Å². The van der Waals surface area contributed by atoms with E-state index in [1.165, 1.54) is 0 Å². The highest BCUT2D eigenvalue weighted by Gasteiger charge is 2.32. The highest BCUT2D eigenvalue weighted by molar-refractivity contribution is 5.81. The molecule has 1 saturated heterocycles. The smallest absolute Gasteiger partial charge is 0.225 e. The van der Waals surface area contributed by atoms with Crippen molar-refractivity contribution in [3.05, 3.63) is 30.3 Å². The Morgan fingerprint density at radius 3 is 2.45 bits per heavy atom. The summed E-state index contributed by atoms with van der Waals surface area (Å²) < 4.78 is 0. The summed E-state index contributed by atoms with van der Waals surface area (Å²) in [7, 11) is 0. The van der Waals surface area contributed by atoms with Crippen LogP contribution in [0.4, 0.5) is 5.69 Å². The molecule has 0 radical (unpaired) electrons. The van der Waals surface area contributed by atoms with Gasteiger partial charge in [-0.3, -0.25) is 4.79 Å². The average Bonchev–Trinajstić information content (AvgIpc) is 2.46. The van der Waals surface area contributed by atoms with Crippen LogP contribution in [0.3, 0.4) is 0 Å². The van der Waals surface area contributed by atoms with Gasteiger partial charge in [-0.05, 0) is 25.5 Å². The van der Waals surface area contributed by atoms with Crippen LogP contribution in [0.15, 0.2) is 30.3 Å². The Bertz CT molecular complexity index is 494. The van der Waals surface area contributed by atoms with Gasteiger partial charge in [0.15, 0.2) is 0 Å². The average molecular weight is 304 g/mol. The Kier molecular flexibility index (Phi) is 5.12. The Morgan fingerprint density at radius 2 is 1.91 bits per heavy atom. The summed E-state index contributed by atoms with van der Waals surface area (Å²) in [4.78, 5) is 14.5. The number of aliphatic hydroxyl groups excluding tert-OH is 1. The fraction of sp³-hybridized carbons (Fsp3) is 0.611. The monoisotopic (exact) mass is 304 g/mol. The van der Waals surface area contributed by atoms with Crippen LogP contribution in [0.2, 0.25) is 0 Å². The summed E-state index contributed by atoms with van der Waals surface area (Å²) in [6, 6.07) is 10.3. The highest BCUT2D eigenvalue weighted by atomic mass is 16.3. The number of hydrogen-bond donors (Lipinski definition) is 2. The quantitative estimate of drug-likeness (QED) is 0.902. The molecule has 0 saturated carbocycles. The second-order valence-electron chi connectivity index (χ2n) is 7.40. The molecule has 4 nitrogen and oxygen atoms in total. The third-order valence-corrected chi connectivity index (χ3v) is 4.30. The number of piperidine rings is 1. The van der Waals surface area contributed by atoms with Gasteiger partial charge in [-0.1, -0.05) is 39.0 Å². The van der Waals surface area contributed by atoms with Crippen LogP contribution in [0, 0.1) is 11.3 Å². The van der Waals surface area contributed by atoms with E-state index in [9.17, 15) is 9.90 Å². The Morgan fingerprint density at radius 1 is 1.27 bits per heavy atom. The van der Waals surface area contributed by atoms with E-state index in [-0.39, 0.29) is 24.0 Å². The Hall–Kier alpha value is -1.55. The molecule has 2 N–H and O–H groups in total. The van der Waals surface area contributed by atoms with Gasteiger partial charge < -0.3 is 15.3 Å². The second kappa shape index (κ2) is 6.69. The maximum absolute atomic E-state index is 12.3. The number of para-hydroxylation sites is 1. The van der Waals surface area contributed by atoms with Crippen LogP contribution in [-0.2, 0) is 4.79 Å². The van der Waals surface area contributed by atoms with Crippen LogP contribution < -0.4 is 10.2 Å². The lowest BCUT2D eigenvalue weighted by molar-refractivity contribution is -0.129. The van der Waals surface area contributed by atoms with Crippen molar-refractivity contribution < 1.29 is 9.90 Å². The van der Waals surface area contributed by atoms with Crippen molar-refractivity contribution in [2.75, 3.05) is 18.0 Å². The minimum absolute atomic E-state index is 0.0664. The molecule has 22 heavy (non-hydrogen) atoms. The van der Waals surface area contributed by atoms with Crippen LogP contribution in [0.25, 0.3) is 0 Å². The number of rotatable bonds is 3. The van der Waals surface area contributed by atoms with Crippen molar-refractivity contribution >= 4 is 11.6 Å². The van der Waals surface area contributed by atoms with Gasteiger partial charge in [-0.15, -0.1) is 0 Å². The number of amides is 1.